The number of aromatic nitrogens is 2. The van der Waals surface area contributed by atoms with Gasteiger partial charge < -0.3 is 20.3 Å². The molecule has 1 atom stereocenters. The minimum absolute atomic E-state index is 0.00169. The van der Waals surface area contributed by atoms with Gasteiger partial charge in [-0.25, -0.2) is 4.79 Å². The van der Waals surface area contributed by atoms with E-state index in [4.69, 9.17) is 14.4 Å². The highest BCUT2D eigenvalue weighted by Crippen LogP contribution is 2.50. The first-order valence-electron chi connectivity index (χ1n) is 9.89. The molecule has 31 heavy (non-hydrogen) atoms. The number of benzene rings is 1. The van der Waals surface area contributed by atoms with E-state index in [1.54, 1.807) is 0 Å². The Balaban J connectivity index is 0.000000339. The van der Waals surface area contributed by atoms with Crippen molar-refractivity contribution in [2.75, 3.05) is 11.9 Å². The first-order chi connectivity index (χ1) is 14.6. The van der Waals surface area contributed by atoms with Crippen molar-refractivity contribution >= 4 is 17.6 Å². The average molecular weight is 440 g/mol. The molecule has 1 amide bonds. The summed E-state index contributed by atoms with van der Waals surface area (Å²) in [6, 6.07) is 7.69. The van der Waals surface area contributed by atoms with Gasteiger partial charge in [-0.1, -0.05) is 18.5 Å². The predicted molar refractivity (Wildman–Crippen MR) is 104 cm³/mol. The summed E-state index contributed by atoms with van der Waals surface area (Å²) in [5.41, 5.74) is 2.13. The minimum Gasteiger partial charge on any atom is -0.475 e. The molecule has 1 spiro atoms. The molecule has 1 saturated heterocycles. The predicted octanol–water partition coefficient (Wildman–Crippen LogP) is 3.92. The zero-order chi connectivity index (χ0) is 22.6. The van der Waals surface area contributed by atoms with E-state index < -0.39 is 12.1 Å². The molecule has 11 heteroatoms. The van der Waals surface area contributed by atoms with Gasteiger partial charge in [0.15, 0.2) is 0 Å². The number of carboxylic acid groups (broad SMARTS) is 1. The van der Waals surface area contributed by atoms with E-state index in [-0.39, 0.29) is 11.9 Å². The summed E-state index contributed by atoms with van der Waals surface area (Å²) < 4.78 is 37.2. The van der Waals surface area contributed by atoms with Gasteiger partial charge in [0.1, 0.15) is 0 Å². The molecular weight excluding hydrogens is 417 g/mol. The second-order valence-electron chi connectivity index (χ2n) is 7.73. The number of hydrogen-bond acceptors (Lipinski definition) is 6. The van der Waals surface area contributed by atoms with Crippen LogP contribution >= 0.6 is 0 Å². The zero-order valence-electron chi connectivity index (χ0n) is 16.8. The normalized spacial score (nSPS) is 19.3. The topological polar surface area (TPSA) is 117 Å². The number of amides is 1. The van der Waals surface area contributed by atoms with Crippen molar-refractivity contribution in [1.29, 1.82) is 0 Å². The van der Waals surface area contributed by atoms with Crippen LogP contribution in [0.3, 0.4) is 0 Å². The van der Waals surface area contributed by atoms with Crippen LogP contribution in [-0.4, -0.2) is 39.8 Å². The van der Waals surface area contributed by atoms with Crippen molar-refractivity contribution in [3.63, 3.8) is 0 Å². The number of nitrogens with one attached hydrogen (secondary N) is 2. The van der Waals surface area contributed by atoms with Gasteiger partial charge in [0.2, 0.25) is 17.6 Å². The molecule has 1 aliphatic heterocycles. The molecule has 4 rings (SSSR count). The van der Waals surface area contributed by atoms with Crippen LogP contribution in [0.1, 0.15) is 51.0 Å². The van der Waals surface area contributed by atoms with Gasteiger partial charge in [-0.2, -0.15) is 18.2 Å². The monoisotopic (exact) mass is 440 g/mol. The van der Waals surface area contributed by atoms with Crippen LogP contribution in [0.25, 0.3) is 11.4 Å². The summed E-state index contributed by atoms with van der Waals surface area (Å²) in [7, 11) is 0. The summed E-state index contributed by atoms with van der Waals surface area (Å²) in [5.74, 6) is -1.49. The highest BCUT2D eigenvalue weighted by Gasteiger charge is 2.45. The molecule has 2 heterocycles. The van der Waals surface area contributed by atoms with Crippen molar-refractivity contribution in [3.05, 3.63) is 30.2 Å². The summed E-state index contributed by atoms with van der Waals surface area (Å²) >= 11 is 0. The SMILES string of the molecule is CCC(=O)Nc1ccc(-c2noc(C3CC4(CCC4)CN3)n2)cc1.O=C(O)C(F)(F)F. The maximum Gasteiger partial charge on any atom is 0.490 e. The van der Waals surface area contributed by atoms with Crippen LogP contribution in [-0.2, 0) is 9.59 Å². The zero-order valence-corrected chi connectivity index (χ0v) is 16.8. The van der Waals surface area contributed by atoms with Gasteiger partial charge in [0.25, 0.3) is 0 Å². The molecule has 1 aliphatic carbocycles. The summed E-state index contributed by atoms with van der Waals surface area (Å²) in [6.07, 6.45) is 0.428. The van der Waals surface area contributed by atoms with Crippen molar-refractivity contribution < 1.29 is 32.4 Å². The third-order valence-corrected chi connectivity index (χ3v) is 5.51. The van der Waals surface area contributed by atoms with E-state index in [1.165, 1.54) is 19.3 Å². The van der Waals surface area contributed by atoms with Gasteiger partial charge in [-0.05, 0) is 48.9 Å². The fourth-order valence-corrected chi connectivity index (χ4v) is 3.60. The summed E-state index contributed by atoms with van der Waals surface area (Å²) in [6.45, 7) is 2.89. The number of carboxylic acids is 1. The molecule has 168 valence electrons. The fraction of sp³-hybridized carbons (Fsp3) is 0.500. The maximum atomic E-state index is 11.4. The number of alkyl halides is 3. The molecule has 1 unspecified atom stereocenters. The lowest BCUT2D eigenvalue weighted by atomic mass is 9.67. The Morgan fingerprint density at radius 2 is 1.94 bits per heavy atom. The number of anilines is 1. The van der Waals surface area contributed by atoms with Crippen molar-refractivity contribution in [2.24, 2.45) is 5.41 Å². The summed E-state index contributed by atoms with van der Waals surface area (Å²) in [5, 5.41) is 17.6. The number of carbonyl (C=O) groups excluding carboxylic acids is 1. The van der Waals surface area contributed by atoms with Crippen LogP contribution in [0, 0.1) is 5.41 Å². The number of aliphatic carboxylic acids is 1. The first kappa shape index (κ1) is 22.7. The Labute approximate surface area is 176 Å². The molecule has 8 nitrogen and oxygen atoms in total. The maximum absolute atomic E-state index is 11.4. The van der Waals surface area contributed by atoms with Crippen molar-refractivity contribution in [2.45, 2.75) is 51.2 Å². The quantitative estimate of drug-likeness (QED) is 0.660. The third kappa shape index (κ3) is 5.60. The van der Waals surface area contributed by atoms with E-state index in [1.807, 2.05) is 31.2 Å². The van der Waals surface area contributed by atoms with Crippen LogP contribution < -0.4 is 10.6 Å². The van der Waals surface area contributed by atoms with Gasteiger partial charge in [-0.15, -0.1) is 0 Å². The van der Waals surface area contributed by atoms with Crippen LogP contribution in [0.5, 0.6) is 0 Å². The number of nitrogens with zero attached hydrogens (tertiary/aromatic N) is 2. The first-order valence-corrected chi connectivity index (χ1v) is 9.89. The Bertz CT molecular complexity index is 923. The van der Waals surface area contributed by atoms with Crippen molar-refractivity contribution in [3.8, 4) is 11.4 Å². The van der Waals surface area contributed by atoms with Crippen molar-refractivity contribution in [1.82, 2.24) is 15.5 Å². The fourth-order valence-electron chi connectivity index (χ4n) is 3.60. The smallest absolute Gasteiger partial charge is 0.475 e. The summed E-state index contributed by atoms with van der Waals surface area (Å²) in [4.78, 5) is 24.9. The highest BCUT2D eigenvalue weighted by atomic mass is 19.4. The molecule has 1 aromatic carbocycles. The van der Waals surface area contributed by atoms with E-state index >= 15 is 0 Å². The minimum atomic E-state index is -5.08. The van der Waals surface area contributed by atoms with Crippen LogP contribution in [0.15, 0.2) is 28.8 Å². The molecule has 1 aromatic heterocycles. The van der Waals surface area contributed by atoms with Gasteiger partial charge in [0.05, 0.1) is 6.04 Å². The number of hydrogen-bond donors (Lipinski definition) is 3. The Morgan fingerprint density at radius 1 is 1.29 bits per heavy atom. The van der Waals surface area contributed by atoms with E-state index in [9.17, 15) is 18.0 Å². The van der Waals surface area contributed by atoms with Crippen LogP contribution in [0.2, 0.25) is 0 Å². The van der Waals surface area contributed by atoms with E-state index in [0.29, 0.717) is 23.6 Å². The molecule has 2 aromatic rings. The Hall–Kier alpha value is -2.95. The molecule has 1 saturated carbocycles. The highest BCUT2D eigenvalue weighted by molar-refractivity contribution is 5.90. The van der Waals surface area contributed by atoms with Gasteiger partial charge in [0, 0.05) is 24.2 Å². The third-order valence-electron chi connectivity index (χ3n) is 5.51. The average Bonchev–Trinajstić information content (AvgIpc) is 3.35. The number of rotatable bonds is 4. The lowest BCUT2D eigenvalue weighted by Crippen LogP contribution is -2.31. The van der Waals surface area contributed by atoms with Gasteiger partial charge in [-0.3, -0.25) is 4.79 Å². The standard InChI is InChI=1S/C18H22N4O2.C2HF3O2/c1-2-15(23)20-13-6-4-12(5-7-13)16-21-17(24-22-16)14-10-18(11-19-14)8-3-9-18;3-2(4,5)1(6)7/h4-7,14,19H,2-3,8-11H2,1H3,(H,20,23);(H,6,7). The van der Waals surface area contributed by atoms with E-state index in [0.717, 1.165) is 24.2 Å². The second-order valence-corrected chi connectivity index (χ2v) is 7.73. The number of halogens is 3. The Kier molecular flexibility index (Phi) is 6.63. The van der Waals surface area contributed by atoms with Gasteiger partial charge >= 0.3 is 12.1 Å². The largest absolute Gasteiger partial charge is 0.490 e. The molecule has 0 bridgehead atoms. The molecule has 0 radical (unpaired) electrons. The lowest BCUT2D eigenvalue weighted by Gasteiger charge is -2.37. The van der Waals surface area contributed by atoms with Crippen LogP contribution in [0.4, 0.5) is 18.9 Å². The van der Waals surface area contributed by atoms with E-state index in [2.05, 4.69) is 20.8 Å². The number of carbonyl (C=O) groups is 2. The molecule has 2 aliphatic rings. The Morgan fingerprint density at radius 3 is 2.42 bits per heavy atom. The lowest BCUT2D eigenvalue weighted by molar-refractivity contribution is -0.192. The molecule has 3 N–H and O–H groups in total. The molecular formula is C20H23F3N4O4. The molecule has 2 fully saturated rings. The second kappa shape index (κ2) is 9.04.